The molecule has 1 aliphatic heterocycles. The average molecular weight is 225 g/mol. The van der Waals surface area contributed by atoms with Crippen LogP contribution in [0.2, 0.25) is 0 Å². The summed E-state index contributed by atoms with van der Waals surface area (Å²) < 4.78 is 5.36. The first-order valence-corrected chi connectivity index (χ1v) is 5.78. The van der Waals surface area contributed by atoms with Crippen LogP contribution in [-0.4, -0.2) is 29.7 Å². The third-order valence-electron chi connectivity index (χ3n) is 2.88. The van der Waals surface area contributed by atoms with Gasteiger partial charge < -0.3 is 9.64 Å². The van der Waals surface area contributed by atoms with E-state index in [-0.39, 0.29) is 11.5 Å². The summed E-state index contributed by atoms with van der Waals surface area (Å²) in [5, 5.41) is 0. The number of amides is 1. The highest BCUT2D eigenvalue weighted by molar-refractivity contribution is 5.68. The van der Waals surface area contributed by atoms with Crippen molar-refractivity contribution in [1.82, 2.24) is 4.90 Å². The van der Waals surface area contributed by atoms with Crippen LogP contribution in [0.25, 0.3) is 0 Å². The van der Waals surface area contributed by atoms with Crippen LogP contribution in [0.3, 0.4) is 0 Å². The molecule has 0 N–H and O–H groups in total. The lowest BCUT2D eigenvalue weighted by atomic mass is 9.80. The van der Waals surface area contributed by atoms with Gasteiger partial charge in [0.25, 0.3) is 0 Å². The minimum atomic E-state index is -0.421. The number of piperidine rings is 1. The van der Waals surface area contributed by atoms with Gasteiger partial charge in [0.1, 0.15) is 5.60 Å². The average Bonchev–Trinajstić information content (AvgIpc) is 2.06. The molecule has 0 aromatic carbocycles. The van der Waals surface area contributed by atoms with E-state index in [4.69, 9.17) is 4.74 Å². The SMILES string of the molecule is C=C1CCN(C(=O)OC(C)(C)C)CC1(C)C. The van der Waals surface area contributed by atoms with Crippen LogP contribution >= 0.6 is 0 Å². The van der Waals surface area contributed by atoms with Crippen molar-refractivity contribution in [1.29, 1.82) is 0 Å². The number of carbonyl (C=O) groups excluding carboxylic acids is 1. The van der Waals surface area contributed by atoms with E-state index in [0.717, 1.165) is 13.0 Å². The molecular weight excluding hydrogens is 202 g/mol. The molecule has 0 atom stereocenters. The molecule has 0 radical (unpaired) electrons. The summed E-state index contributed by atoms with van der Waals surface area (Å²) in [6.45, 7) is 15.4. The summed E-state index contributed by atoms with van der Waals surface area (Å²) in [5.41, 5.74) is 0.789. The van der Waals surface area contributed by atoms with E-state index in [1.165, 1.54) is 5.57 Å². The first-order valence-electron chi connectivity index (χ1n) is 5.78. The lowest BCUT2D eigenvalue weighted by Crippen LogP contribution is -2.46. The highest BCUT2D eigenvalue weighted by Crippen LogP contribution is 2.33. The van der Waals surface area contributed by atoms with Crippen molar-refractivity contribution in [2.24, 2.45) is 5.41 Å². The summed E-state index contributed by atoms with van der Waals surface area (Å²) in [4.78, 5) is 13.7. The smallest absolute Gasteiger partial charge is 0.410 e. The number of rotatable bonds is 0. The molecule has 0 saturated carbocycles. The van der Waals surface area contributed by atoms with E-state index in [1.54, 1.807) is 4.90 Å². The van der Waals surface area contributed by atoms with Crippen LogP contribution < -0.4 is 0 Å². The Kier molecular flexibility index (Phi) is 3.36. The van der Waals surface area contributed by atoms with Crippen molar-refractivity contribution in [3.63, 3.8) is 0 Å². The van der Waals surface area contributed by atoms with Gasteiger partial charge in [-0.1, -0.05) is 26.0 Å². The highest BCUT2D eigenvalue weighted by atomic mass is 16.6. The highest BCUT2D eigenvalue weighted by Gasteiger charge is 2.33. The number of hydrogen-bond acceptors (Lipinski definition) is 2. The van der Waals surface area contributed by atoms with E-state index < -0.39 is 5.60 Å². The maximum Gasteiger partial charge on any atom is 0.410 e. The van der Waals surface area contributed by atoms with E-state index in [0.29, 0.717) is 6.54 Å². The first-order chi connectivity index (χ1) is 7.12. The van der Waals surface area contributed by atoms with Crippen LogP contribution in [0, 0.1) is 5.41 Å². The Bertz CT molecular complexity index is 300. The molecular formula is C13H23NO2. The monoisotopic (exact) mass is 225 g/mol. The maximum atomic E-state index is 11.9. The van der Waals surface area contributed by atoms with E-state index in [9.17, 15) is 4.79 Å². The molecule has 0 bridgehead atoms. The minimum Gasteiger partial charge on any atom is -0.444 e. The molecule has 3 nitrogen and oxygen atoms in total. The largest absolute Gasteiger partial charge is 0.444 e. The maximum absolute atomic E-state index is 11.9. The zero-order chi connectivity index (χ0) is 12.6. The summed E-state index contributed by atoms with van der Waals surface area (Å²) in [6.07, 6.45) is 0.653. The third-order valence-corrected chi connectivity index (χ3v) is 2.88. The van der Waals surface area contributed by atoms with Gasteiger partial charge in [-0.3, -0.25) is 0 Å². The number of ether oxygens (including phenoxy) is 1. The molecule has 1 saturated heterocycles. The number of hydrogen-bond donors (Lipinski definition) is 0. The fraction of sp³-hybridized carbons (Fsp3) is 0.769. The second-order valence-electron chi connectivity index (χ2n) is 6.14. The Morgan fingerprint density at radius 2 is 2.00 bits per heavy atom. The van der Waals surface area contributed by atoms with Gasteiger partial charge in [0.2, 0.25) is 0 Å². The molecule has 1 heterocycles. The quantitative estimate of drug-likeness (QED) is 0.592. The van der Waals surface area contributed by atoms with Crippen LogP contribution in [0.15, 0.2) is 12.2 Å². The molecule has 0 unspecified atom stereocenters. The normalized spacial score (nSPS) is 20.8. The lowest BCUT2D eigenvalue weighted by Gasteiger charge is -2.40. The minimum absolute atomic E-state index is 0.00481. The molecule has 0 aliphatic carbocycles. The molecule has 0 aromatic heterocycles. The van der Waals surface area contributed by atoms with E-state index in [1.807, 2.05) is 20.8 Å². The van der Waals surface area contributed by atoms with Gasteiger partial charge in [0.15, 0.2) is 0 Å². The number of nitrogens with zero attached hydrogens (tertiary/aromatic N) is 1. The predicted octanol–water partition coefficient (Wildman–Crippen LogP) is 3.21. The molecule has 92 valence electrons. The molecule has 1 rings (SSSR count). The van der Waals surface area contributed by atoms with Gasteiger partial charge >= 0.3 is 6.09 Å². The van der Waals surface area contributed by atoms with Crippen LogP contribution in [-0.2, 0) is 4.74 Å². The Hall–Kier alpha value is -0.990. The van der Waals surface area contributed by atoms with Crippen molar-refractivity contribution in [2.45, 2.75) is 46.6 Å². The molecule has 1 fully saturated rings. The van der Waals surface area contributed by atoms with Crippen molar-refractivity contribution in [2.75, 3.05) is 13.1 Å². The zero-order valence-corrected chi connectivity index (χ0v) is 11.1. The lowest BCUT2D eigenvalue weighted by molar-refractivity contribution is 0.0157. The second kappa shape index (κ2) is 4.11. The van der Waals surface area contributed by atoms with E-state index >= 15 is 0 Å². The Morgan fingerprint density at radius 3 is 2.44 bits per heavy atom. The summed E-state index contributed by atoms with van der Waals surface area (Å²) in [5.74, 6) is 0. The zero-order valence-electron chi connectivity index (χ0n) is 11.1. The summed E-state index contributed by atoms with van der Waals surface area (Å²) in [6, 6.07) is 0. The Balaban J connectivity index is 2.63. The van der Waals surface area contributed by atoms with Crippen molar-refractivity contribution in [3.05, 3.63) is 12.2 Å². The summed E-state index contributed by atoms with van der Waals surface area (Å²) in [7, 11) is 0. The van der Waals surface area contributed by atoms with Crippen molar-refractivity contribution in [3.8, 4) is 0 Å². The first kappa shape index (κ1) is 13.1. The fourth-order valence-electron chi connectivity index (χ4n) is 1.76. The van der Waals surface area contributed by atoms with Crippen LogP contribution in [0.5, 0.6) is 0 Å². The van der Waals surface area contributed by atoms with Gasteiger partial charge in [-0.25, -0.2) is 4.79 Å². The molecule has 16 heavy (non-hydrogen) atoms. The summed E-state index contributed by atoms with van der Waals surface area (Å²) >= 11 is 0. The van der Waals surface area contributed by atoms with Gasteiger partial charge in [-0.05, 0) is 27.2 Å². The Morgan fingerprint density at radius 1 is 1.44 bits per heavy atom. The van der Waals surface area contributed by atoms with Crippen molar-refractivity contribution < 1.29 is 9.53 Å². The van der Waals surface area contributed by atoms with Gasteiger partial charge in [0, 0.05) is 18.5 Å². The molecule has 0 spiro atoms. The van der Waals surface area contributed by atoms with Crippen molar-refractivity contribution >= 4 is 6.09 Å². The molecule has 3 heteroatoms. The molecule has 1 aliphatic rings. The molecule has 0 aromatic rings. The van der Waals surface area contributed by atoms with E-state index in [2.05, 4.69) is 20.4 Å². The van der Waals surface area contributed by atoms with Gasteiger partial charge in [0.05, 0.1) is 0 Å². The second-order valence-corrected chi connectivity index (χ2v) is 6.14. The third kappa shape index (κ3) is 3.26. The van der Waals surface area contributed by atoms with Gasteiger partial charge in [-0.2, -0.15) is 0 Å². The van der Waals surface area contributed by atoms with Gasteiger partial charge in [-0.15, -0.1) is 0 Å². The fourth-order valence-corrected chi connectivity index (χ4v) is 1.76. The topological polar surface area (TPSA) is 29.5 Å². The standard InChI is InChI=1S/C13H23NO2/c1-10-7-8-14(9-13(10,5)6)11(15)16-12(2,3)4/h1,7-9H2,2-6H3. The Labute approximate surface area is 98.5 Å². The van der Waals surface area contributed by atoms with Crippen LogP contribution in [0.1, 0.15) is 41.0 Å². The molecule has 1 amide bonds. The van der Waals surface area contributed by atoms with Crippen LogP contribution in [0.4, 0.5) is 4.79 Å². The number of carbonyl (C=O) groups is 1. The number of likely N-dealkylation sites (tertiary alicyclic amines) is 1. The predicted molar refractivity (Wildman–Crippen MR) is 65.3 cm³/mol.